The van der Waals surface area contributed by atoms with Gasteiger partial charge in [-0.1, -0.05) is 0 Å². The monoisotopic (exact) mass is 156 g/mol. The maximum Gasteiger partial charge on any atom is 0.179 e. The van der Waals surface area contributed by atoms with E-state index in [1.165, 1.54) is 0 Å². The summed E-state index contributed by atoms with van der Waals surface area (Å²) in [4.78, 5) is 3.96. The average Bonchev–Trinajstić information content (AvgIpc) is 2.36. The molecule has 1 aromatic heterocycles. The molecule has 62 valence electrons. The van der Waals surface area contributed by atoms with Gasteiger partial charge in [0.15, 0.2) is 5.82 Å². The number of aliphatic hydroxyl groups excluding tert-OH is 1. The topological polar surface area (TPSA) is 87.8 Å². The SMILES string of the molecule is Cc1nc(C(O)CCN)n[nH]1. The molecule has 0 aliphatic heterocycles. The van der Waals surface area contributed by atoms with Crippen molar-refractivity contribution < 1.29 is 5.11 Å². The third kappa shape index (κ3) is 1.99. The number of H-pyrrole nitrogens is 1. The normalized spacial score (nSPS) is 13.4. The van der Waals surface area contributed by atoms with E-state index >= 15 is 0 Å². The van der Waals surface area contributed by atoms with Crippen molar-refractivity contribution in [2.24, 2.45) is 5.73 Å². The van der Waals surface area contributed by atoms with Crippen molar-refractivity contribution >= 4 is 0 Å². The smallest absolute Gasteiger partial charge is 0.179 e. The molecule has 1 aromatic rings. The van der Waals surface area contributed by atoms with Crippen molar-refractivity contribution in [1.29, 1.82) is 0 Å². The number of nitrogens with zero attached hydrogens (tertiary/aromatic N) is 2. The molecular formula is C6H12N4O. The van der Waals surface area contributed by atoms with Crippen LogP contribution in [0.3, 0.4) is 0 Å². The van der Waals surface area contributed by atoms with Crippen molar-refractivity contribution in [3.8, 4) is 0 Å². The molecule has 0 saturated heterocycles. The van der Waals surface area contributed by atoms with E-state index < -0.39 is 6.10 Å². The molecule has 1 heterocycles. The van der Waals surface area contributed by atoms with Crippen LogP contribution in [0.1, 0.15) is 24.2 Å². The summed E-state index contributed by atoms with van der Waals surface area (Å²) in [5, 5.41) is 15.7. The first-order valence-corrected chi connectivity index (χ1v) is 3.51. The van der Waals surface area contributed by atoms with Crippen LogP contribution in [0.15, 0.2) is 0 Å². The highest BCUT2D eigenvalue weighted by Crippen LogP contribution is 2.09. The second-order valence-corrected chi connectivity index (χ2v) is 2.37. The lowest BCUT2D eigenvalue weighted by Crippen LogP contribution is -2.07. The molecule has 0 amide bonds. The molecule has 5 nitrogen and oxygen atoms in total. The minimum atomic E-state index is -0.634. The lowest BCUT2D eigenvalue weighted by Gasteiger charge is -2.01. The van der Waals surface area contributed by atoms with E-state index in [9.17, 15) is 5.11 Å². The lowest BCUT2D eigenvalue weighted by molar-refractivity contribution is 0.161. The molecule has 0 aliphatic carbocycles. The standard InChI is InChI=1S/C6H12N4O/c1-4-8-6(10-9-4)5(11)2-3-7/h5,11H,2-3,7H2,1H3,(H,8,9,10). The van der Waals surface area contributed by atoms with Crippen LogP contribution in [-0.2, 0) is 0 Å². The lowest BCUT2D eigenvalue weighted by atomic mass is 10.2. The number of aromatic nitrogens is 3. The molecule has 4 N–H and O–H groups in total. The minimum Gasteiger partial charge on any atom is -0.385 e. The molecule has 11 heavy (non-hydrogen) atoms. The summed E-state index contributed by atoms with van der Waals surface area (Å²) >= 11 is 0. The molecular weight excluding hydrogens is 144 g/mol. The van der Waals surface area contributed by atoms with Gasteiger partial charge in [-0.25, -0.2) is 4.98 Å². The maximum atomic E-state index is 9.31. The highest BCUT2D eigenvalue weighted by atomic mass is 16.3. The number of nitrogens with one attached hydrogen (secondary N) is 1. The van der Waals surface area contributed by atoms with Crippen molar-refractivity contribution in [3.05, 3.63) is 11.6 Å². The van der Waals surface area contributed by atoms with Crippen molar-refractivity contribution in [1.82, 2.24) is 15.2 Å². The highest BCUT2D eigenvalue weighted by Gasteiger charge is 2.10. The Morgan fingerprint density at radius 3 is 2.91 bits per heavy atom. The Labute approximate surface area is 64.6 Å². The third-order valence-corrected chi connectivity index (χ3v) is 1.35. The van der Waals surface area contributed by atoms with Crippen LogP contribution < -0.4 is 5.73 Å². The van der Waals surface area contributed by atoms with Gasteiger partial charge in [0.1, 0.15) is 11.9 Å². The Balaban J connectivity index is 2.60. The van der Waals surface area contributed by atoms with Crippen LogP contribution in [0.25, 0.3) is 0 Å². The van der Waals surface area contributed by atoms with E-state index in [0.29, 0.717) is 24.6 Å². The summed E-state index contributed by atoms with van der Waals surface area (Å²) < 4.78 is 0. The minimum absolute atomic E-state index is 0.424. The van der Waals surface area contributed by atoms with Crippen LogP contribution in [-0.4, -0.2) is 26.8 Å². The fourth-order valence-electron chi connectivity index (χ4n) is 0.796. The van der Waals surface area contributed by atoms with Crippen molar-refractivity contribution in [3.63, 3.8) is 0 Å². The second kappa shape index (κ2) is 3.45. The first kappa shape index (κ1) is 8.16. The second-order valence-electron chi connectivity index (χ2n) is 2.37. The molecule has 0 radical (unpaired) electrons. The zero-order valence-corrected chi connectivity index (χ0v) is 6.41. The highest BCUT2D eigenvalue weighted by molar-refractivity contribution is 4.91. The Kier molecular flexibility index (Phi) is 2.56. The Bertz CT molecular complexity index is 222. The average molecular weight is 156 g/mol. The zero-order valence-electron chi connectivity index (χ0n) is 6.41. The van der Waals surface area contributed by atoms with Crippen LogP contribution in [0.4, 0.5) is 0 Å². The van der Waals surface area contributed by atoms with E-state index in [0.717, 1.165) is 0 Å². The molecule has 0 bridgehead atoms. The third-order valence-electron chi connectivity index (χ3n) is 1.35. The fourth-order valence-corrected chi connectivity index (χ4v) is 0.796. The molecule has 0 fully saturated rings. The van der Waals surface area contributed by atoms with Gasteiger partial charge in [-0.15, -0.1) is 0 Å². The molecule has 0 saturated carbocycles. The Hall–Kier alpha value is -0.940. The predicted molar refractivity (Wildman–Crippen MR) is 39.8 cm³/mol. The van der Waals surface area contributed by atoms with E-state index in [4.69, 9.17) is 5.73 Å². The van der Waals surface area contributed by atoms with Gasteiger partial charge in [0.05, 0.1) is 0 Å². The van der Waals surface area contributed by atoms with Crippen LogP contribution >= 0.6 is 0 Å². The summed E-state index contributed by atoms with van der Waals surface area (Å²) in [6.07, 6.45) is -0.137. The van der Waals surface area contributed by atoms with Gasteiger partial charge in [-0.3, -0.25) is 5.10 Å². The zero-order chi connectivity index (χ0) is 8.27. The molecule has 0 aromatic carbocycles. The van der Waals surface area contributed by atoms with Gasteiger partial charge in [0, 0.05) is 0 Å². The fraction of sp³-hybridized carbons (Fsp3) is 0.667. The number of aliphatic hydroxyl groups is 1. The molecule has 1 atom stereocenters. The summed E-state index contributed by atoms with van der Waals surface area (Å²) in [7, 11) is 0. The number of aromatic amines is 1. The van der Waals surface area contributed by atoms with Gasteiger partial charge in [0.2, 0.25) is 0 Å². The van der Waals surface area contributed by atoms with E-state index in [-0.39, 0.29) is 0 Å². The van der Waals surface area contributed by atoms with E-state index in [1.807, 2.05) is 0 Å². The summed E-state index contributed by atoms with van der Waals surface area (Å²) in [6, 6.07) is 0. The van der Waals surface area contributed by atoms with Gasteiger partial charge >= 0.3 is 0 Å². The summed E-state index contributed by atoms with van der Waals surface area (Å²) in [5.74, 6) is 1.13. The Morgan fingerprint density at radius 1 is 1.73 bits per heavy atom. The molecule has 5 heteroatoms. The van der Waals surface area contributed by atoms with Gasteiger partial charge in [-0.05, 0) is 19.9 Å². The van der Waals surface area contributed by atoms with E-state index in [1.54, 1.807) is 6.92 Å². The predicted octanol–water partition coefficient (Wildman–Crippen LogP) is -0.505. The van der Waals surface area contributed by atoms with Gasteiger partial charge in [-0.2, -0.15) is 5.10 Å². The largest absolute Gasteiger partial charge is 0.385 e. The van der Waals surface area contributed by atoms with Crippen molar-refractivity contribution in [2.75, 3.05) is 6.54 Å². The summed E-state index contributed by atoms with van der Waals surface area (Å²) in [6.45, 7) is 2.22. The van der Waals surface area contributed by atoms with E-state index in [2.05, 4.69) is 15.2 Å². The number of aryl methyl sites for hydroxylation is 1. The quantitative estimate of drug-likeness (QED) is 0.550. The number of hydrogen-bond donors (Lipinski definition) is 3. The molecule has 0 aliphatic rings. The molecule has 1 rings (SSSR count). The Morgan fingerprint density at radius 2 is 2.45 bits per heavy atom. The van der Waals surface area contributed by atoms with Crippen molar-refractivity contribution in [2.45, 2.75) is 19.4 Å². The van der Waals surface area contributed by atoms with Gasteiger partial charge < -0.3 is 10.8 Å². The maximum absolute atomic E-state index is 9.31. The molecule has 1 unspecified atom stereocenters. The van der Waals surface area contributed by atoms with Crippen LogP contribution in [0.5, 0.6) is 0 Å². The van der Waals surface area contributed by atoms with Crippen LogP contribution in [0, 0.1) is 6.92 Å². The number of rotatable bonds is 3. The summed E-state index contributed by atoms with van der Waals surface area (Å²) in [5.41, 5.74) is 5.25. The molecule has 0 spiro atoms. The first-order chi connectivity index (χ1) is 5.24. The van der Waals surface area contributed by atoms with Crippen LogP contribution in [0.2, 0.25) is 0 Å². The number of nitrogens with two attached hydrogens (primary N) is 1. The number of hydrogen-bond acceptors (Lipinski definition) is 4. The first-order valence-electron chi connectivity index (χ1n) is 3.51. The van der Waals surface area contributed by atoms with Gasteiger partial charge in [0.25, 0.3) is 0 Å².